The number of ether oxygens (including phenoxy) is 2. The summed E-state index contributed by atoms with van der Waals surface area (Å²) in [6.45, 7) is 7.64. The van der Waals surface area contributed by atoms with Crippen LogP contribution >= 0.6 is 0 Å². The van der Waals surface area contributed by atoms with Crippen molar-refractivity contribution in [1.82, 2.24) is 19.4 Å². The van der Waals surface area contributed by atoms with E-state index in [4.69, 9.17) is 9.47 Å². The molecule has 2 aliphatic rings. The van der Waals surface area contributed by atoms with Gasteiger partial charge in [0.25, 0.3) is 0 Å². The monoisotopic (exact) mass is 494 g/mol. The Hall–Kier alpha value is -2.63. The number of nitrogens with one attached hydrogen (secondary N) is 1. The fourth-order valence-electron chi connectivity index (χ4n) is 4.59. The third kappa shape index (κ3) is 5.53. The molecule has 11 heteroatoms. The topological polar surface area (TPSA) is 108 Å². The Labute approximate surface area is 201 Å². The first-order valence-corrected chi connectivity index (χ1v) is 13.3. The molecule has 2 aliphatic heterocycles. The Bertz CT molecular complexity index is 1060. The number of urea groups is 1. The maximum atomic E-state index is 13.2. The number of methoxy groups -OCH3 is 1. The second-order valence-corrected chi connectivity index (χ2v) is 10.4. The van der Waals surface area contributed by atoms with Crippen molar-refractivity contribution in [2.75, 3.05) is 52.7 Å². The van der Waals surface area contributed by atoms with Crippen molar-refractivity contribution in [3.8, 4) is 5.75 Å². The molecule has 1 aromatic rings. The smallest absolute Gasteiger partial charge is 0.338 e. The third-order valence-corrected chi connectivity index (χ3v) is 7.52. The summed E-state index contributed by atoms with van der Waals surface area (Å²) in [5, 5.41) is 2.94. The molecule has 2 amide bonds. The standard InChI is InChI=1S/C23H34N4O6S/c1-6-26-19(15-25-11-12-27(16(3)14-25)34(5,30)31)20(22(28)33-7-2)21(24-23(26)29)17-9-8-10-18(13-17)32-4/h8-10,13,16,21H,6-7,11-12,14-15H2,1-5H3,(H,24,29). The van der Waals surface area contributed by atoms with Crippen molar-refractivity contribution in [3.63, 3.8) is 0 Å². The summed E-state index contributed by atoms with van der Waals surface area (Å²) in [5.41, 5.74) is 1.64. The number of hydrogen-bond acceptors (Lipinski definition) is 7. The van der Waals surface area contributed by atoms with Crippen molar-refractivity contribution in [3.05, 3.63) is 41.1 Å². The number of nitrogens with zero attached hydrogens (tertiary/aromatic N) is 3. The van der Waals surface area contributed by atoms with Crippen LogP contribution in [0.1, 0.15) is 32.4 Å². The fourth-order valence-corrected chi connectivity index (χ4v) is 5.73. The van der Waals surface area contributed by atoms with Crippen LogP contribution in [0.5, 0.6) is 5.75 Å². The number of esters is 1. The number of likely N-dealkylation sites (N-methyl/N-ethyl adjacent to an activating group) is 1. The van der Waals surface area contributed by atoms with Gasteiger partial charge in [-0.15, -0.1) is 0 Å². The molecule has 2 unspecified atom stereocenters. The molecular formula is C23H34N4O6S. The van der Waals surface area contributed by atoms with Crippen LogP contribution in [0.2, 0.25) is 0 Å². The highest BCUT2D eigenvalue weighted by Gasteiger charge is 2.39. The number of rotatable bonds is 8. The highest BCUT2D eigenvalue weighted by Crippen LogP contribution is 2.33. The molecule has 2 heterocycles. The predicted octanol–water partition coefficient (Wildman–Crippen LogP) is 1.56. The summed E-state index contributed by atoms with van der Waals surface area (Å²) >= 11 is 0. The Balaban J connectivity index is 2.03. The summed E-state index contributed by atoms with van der Waals surface area (Å²) < 4.78 is 36.4. The average Bonchev–Trinajstić information content (AvgIpc) is 2.78. The summed E-state index contributed by atoms with van der Waals surface area (Å²) in [6.07, 6.45) is 1.21. The first-order valence-electron chi connectivity index (χ1n) is 11.4. The number of piperazine rings is 1. The zero-order valence-electron chi connectivity index (χ0n) is 20.4. The molecule has 0 radical (unpaired) electrons. The van der Waals surface area contributed by atoms with Crippen molar-refractivity contribution in [2.45, 2.75) is 32.9 Å². The molecule has 0 spiro atoms. The molecule has 1 N–H and O–H groups in total. The molecule has 0 aliphatic carbocycles. The maximum absolute atomic E-state index is 13.2. The molecule has 1 aromatic carbocycles. The van der Waals surface area contributed by atoms with Crippen LogP contribution in [0.3, 0.4) is 0 Å². The van der Waals surface area contributed by atoms with Gasteiger partial charge in [-0.3, -0.25) is 9.80 Å². The van der Waals surface area contributed by atoms with E-state index in [9.17, 15) is 18.0 Å². The van der Waals surface area contributed by atoms with E-state index in [0.717, 1.165) is 0 Å². The van der Waals surface area contributed by atoms with Gasteiger partial charge in [-0.1, -0.05) is 12.1 Å². The van der Waals surface area contributed by atoms with Crippen molar-refractivity contribution < 1.29 is 27.5 Å². The molecule has 34 heavy (non-hydrogen) atoms. The van der Waals surface area contributed by atoms with E-state index in [0.29, 0.717) is 55.3 Å². The number of hydrogen-bond donors (Lipinski definition) is 1. The second-order valence-electron chi connectivity index (χ2n) is 8.44. The van der Waals surface area contributed by atoms with Crippen LogP contribution in [-0.2, 0) is 19.6 Å². The molecule has 188 valence electrons. The van der Waals surface area contributed by atoms with Gasteiger partial charge in [-0.05, 0) is 38.5 Å². The van der Waals surface area contributed by atoms with Gasteiger partial charge in [0.1, 0.15) is 5.75 Å². The Morgan fingerprint density at radius 1 is 1.24 bits per heavy atom. The molecule has 1 fully saturated rings. The fraction of sp³-hybridized carbons (Fsp3) is 0.565. The van der Waals surface area contributed by atoms with Crippen molar-refractivity contribution >= 4 is 22.0 Å². The van der Waals surface area contributed by atoms with E-state index < -0.39 is 22.0 Å². The van der Waals surface area contributed by atoms with E-state index in [-0.39, 0.29) is 18.7 Å². The van der Waals surface area contributed by atoms with Gasteiger partial charge in [-0.2, -0.15) is 4.31 Å². The van der Waals surface area contributed by atoms with Crippen LogP contribution in [-0.4, -0.2) is 93.3 Å². The van der Waals surface area contributed by atoms with Crippen LogP contribution in [0.25, 0.3) is 0 Å². The first kappa shape index (κ1) is 26.0. The molecule has 2 atom stereocenters. The van der Waals surface area contributed by atoms with Gasteiger partial charge < -0.3 is 14.8 Å². The van der Waals surface area contributed by atoms with Gasteiger partial charge >= 0.3 is 12.0 Å². The number of carbonyl (C=O) groups is 2. The zero-order chi connectivity index (χ0) is 25.0. The average molecular weight is 495 g/mol. The molecule has 0 aromatic heterocycles. The second kappa shape index (κ2) is 10.7. The molecular weight excluding hydrogens is 460 g/mol. The number of sulfonamides is 1. The summed E-state index contributed by atoms with van der Waals surface area (Å²) in [6, 6.07) is 5.99. The molecule has 0 bridgehead atoms. The van der Waals surface area contributed by atoms with Gasteiger partial charge in [0.05, 0.1) is 31.6 Å². The predicted molar refractivity (Wildman–Crippen MR) is 128 cm³/mol. The van der Waals surface area contributed by atoms with Gasteiger partial charge in [0.15, 0.2) is 0 Å². The summed E-state index contributed by atoms with van der Waals surface area (Å²) in [5.74, 6) is 0.117. The van der Waals surface area contributed by atoms with Crippen molar-refractivity contribution in [1.29, 1.82) is 0 Å². The highest BCUT2D eigenvalue weighted by molar-refractivity contribution is 7.88. The van der Waals surface area contributed by atoms with E-state index in [1.165, 1.54) is 10.6 Å². The number of benzene rings is 1. The zero-order valence-corrected chi connectivity index (χ0v) is 21.2. The molecule has 3 rings (SSSR count). The van der Waals surface area contributed by atoms with Crippen LogP contribution < -0.4 is 10.1 Å². The van der Waals surface area contributed by atoms with Crippen LogP contribution in [0.4, 0.5) is 4.79 Å². The minimum absolute atomic E-state index is 0.199. The summed E-state index contributed by atoms with van der Waals surface area (Å²) in [4.78, 5) is 29.9. The Morgan fingerprint density at radius 3 is 2.56 bits per heavy atom. The van der Waals surface area contributed by atoms with Gasteiger partial charge in [0.2, 0.25) is 10.0 Å². The van der Waals surface area contributed by atoms with E-state index in [2.05, 4.69) is 10.2 Å². The third-order valence-electron chi connectivity index (χ3n) is 6.13. The largest absolute Gasteiger partial charge is 0.497 e. The SMILES string of the molecule is CCOC(=O)C1=C(CN2CCN(S(C)(=O)=O)C(C)C2)N(CC)C(=O)NC1c1cccc(OC)c1. The van der Waals surface area contributed by atoms with E-state index in [1.807, 2.05) is 19.9 Å². The number of amides is 2. The minimum atomic E-state index is -3.30. The normalized spacial score (nSPS) is 22.5. The van der Waals surface area contributed by atoms with Crippen LogP contribution in [0, 0.1) is 0 Å². The lowest BCUT2D eigenvalue weighted by molar-refractivity contribution is -0.139. The molecule has 1 saturated heterocycles. The highest BCUT2D eigenvalue weighted by atomic mass is 32.2. The maximum Gasteiger partial charge on any atom is 0.338 e. The van der Waals surface area contributed by atoms with Crippen molar-refractivity contribution in [2.24, 2.45) is 0 Å². The molecule has 0 saturated carbocycles. The molecule has 10 nitrogen and oxygen atoms in total. The number of carbonyl (C=O) groups excluding carboxylic acids is 2. The van der Waals surface area contributed by atoms with Gasteiger partial charge in [-0.25, -0.2) is 18.0 Å². The van der Waals surface area contributed by atoms with Crippen LogP contribution in [0.15, 0.2) is 35.5 Å². The lowest BCUT2D eigenvalue weighted by Gasteiger charge is -2.42. The quantitative estimate of drug-likeness (QED) is 0.547. The first-order chi connectivity index (χ1) is 16.1. The Morgan fingerprint density at radius 2 is 1.97 bits per heavy atom. The van der Waals surface area contributed by atoms with E-state index in [1.54, 1.807) is 37.1 Å². The lowest BCUT2D eigenvalue weighted by atomic mass is 9.93. The minimum Gasteiger partial charge on any atom is -0.497 e. The van der Waals surface area contributed by atoms with E-state index >= 15 is 0 Å². The lowest BCUT2D eigenvalue weighted by Crippen LogP contribution is -2.56. The van der Waals surface area contributed by atoms with Gasteiger partial charge in [0, 0.05) is 44.5 Å². The summed E-state index contributed by atoms with van der Waals surface area (Å²) in [7, 11) is -1.75. The Kier molecular flexibility index (Phi) is 8.21.